The van der Waals surface area contributed by atoms with E-state index in [2.05, 4.69) is 10.6 Å². The Morgan fingerprint density at radius 3 is 1.16 bits per heavy atom. The Labute approximate surface area is 301 Å². The topological polar surface area (TPSA) is 187 Å². The number of carboxylic acid groups (broad SMARTS) is 2. The van der Waals surface area contributed by atoms with Crippen molar-refractivity contribution in [1.82, 2.24) is 10.6 Å². The van der Waals surface area contributed by atoms with E-state index in [4.69, 9.17) is 29.2 Å². The van der Waals surface area contributed by atoms with Crippen LogP contribution in [0.25, 0.3) is 0 Å². The summed E-state index contributed by atoms with van der Waals surface area (Å²) in [6.45, 7) is 6.65. The van der Waals surface area contributed by atoms with Gasteiger partial charge in [-0.1, -0.05) is 96.8 Å². The van der Waals surface area contributed by atoms with Gasteiger partial charge in [0.1, 0.15) is 12.3 Å². The number of amides is 2. The zero-order chi connectivity index (χ0) is 37.3. The van der Waals surface area contributed by atoms with Crippen LogP contribution in [0.3, 0.4) is 0 Å². The van der Waals surface area contributed by atoms with E-state index >= 15 is 0 Å². The summed E-state index contributed by atoms with van der Waals surface area (Å²) in [7, 11) is 0. The minimum absolute atomic E-state index is 0.0793. The van der Waals surface area contributed by atoms with Crippen molar-refractivity contribution in [3.63, 3.8) is 0 Å². The van der Waals surface area contributed by atoms with Gasteiger partial charge in [-0.25, -0.2) is 0 Å². The third-order valence-electron chi connectivity index (χ3n) is 7.64. The zero-order valence-electron chi connectivity index (χ0n) is 31.3. The van der Waals surface area contributed by atoms with Crippen LogP contribution in [0.5, 0.6) is 0 Å². The molecule has 0 fully saturated rings. The van der Waals surface area contributed by atoms with E-state index in [-0.39, 0.29) is 30.6 Å². The molecule has 294 valence electrons. The van der Waals surface area contributed by atoms with Crippen molar-refractivity contribution in [3.8, 4) is 0 Å². The summed E-state index contributed by atoms with van der Waals surface area (Å²) in [4.78, 5) is 53.9. The first-order valence-corrected chi connectivity index (χ1v) is 19.0. The monoisotopic (exact) mass is 718 g/mol. The maximum Gasteiger partial charge on any atom is 0.322 e. The highest BCUT2D eigenvalue weighted by atomic mass is 16.6. The molecule has 2 amide bonds. The van der Waals surface area contributed by atoms with Gasteiger partial charge in [-0.2, -0.15) is 0 Å². The molecular weight excluding hydrogens is 648 g/mol. The lowest BCUT2D eigenvalue weighted by atomic mass is 10.0. The number of carboxylic acids is 2. The Kier molecular flexibility index (Phi) is 40.4. The van der Waals surface area contributed by atoms with Crippen molar-refractivity contribution in [2.45, 2.75) is 142 Å². The molecule has 50 heavy (non-hydrogen) atoms. The van der Waals surface area contributed by atoms with Crippen LogP contribution in [0.4, 0.5) is 0 Å². The summed E-state index contributed by atoms with van der Waals surface area (Å²) in [6, 6.07) is 0. The number of rotatable bonds is 37. The Balaban J connectivity index is 0. The first-order valence-electron chi connectivity index (χ1n) is 19.0. The van der Waals surface area contributed by atoms with Crippen LogP contribution in [0.1, 0.15) is 142 Å². The summed E-state index contributed by atoms with van der Waals surface area (Å²) in [6.07, 6.45) is 20.8. The number of carbonyl (C=O) groups excluding carboxylic acids is 3. The van der Waals surface area contributed by atoms with Crippen molar-refractivity contribution < 1.29 is 53.1 Å². The van der Waals surface area contributed by atoms with Gasteiger partial charge >= 0.3 is 11.9 Å². The van der Waals surface area contributed by atoms with Crippen molar-refractivity contribution >= 4 is 29.5 Å². The number of Topliss-reactive ketones (excluding diaryl/α,β-unsaturated/α-hetero) is 1. The quantitative estimate of drug-likeness (QED) is 0.0565. The number of hydrogen-bond acceptors (Lipinski definition) is 9. The molecule has 13 nitrogen and oxygen atoms in total. The van der Waals surface area contributed by atoms with Gasteiger partial charge in [-0.05, 0) is 19.8 Å². The smallest absolute Gasteiger partial charge is 0.322 e. The molecule has 0 saturated heterocycles. The van der Waals surface area contributed by atoms with Gasteiger partial charge in [0.15, 0.2) is 0 Å². The standard InChI is InChI=1S/C33H62N2O10.C4H8O/c36-30(17-15-13-11-9-7-5-3-1-2-4-6-8-10-12-14-16-18-32(38)39)34-20-22-43-24-26-45-28-27-44-25-23-42-21-19-31(37)35-29-33(40)41;1-3-4(2)5/h1-29H2,(H,34,36)(H,35,37)(H,38,39)(H,40,41);3H2,1-2H3. The molecule has 0 aliphatic rings. The highest BCUT2D eigenvalue weighted by Gasteiger charge is 2.04. The van der Waals surface area contributed by atoms with E-state index in [0.29, 0.717) is 72.1 Å². The normalized spacial score (nSPS) is 10.7. The summed E-state index contributed by atoms with van der Waals surface area (Å²) >= 11 is 0. The molecule has 13 heteroatoms. The van der Waals surface area contributed by atoms with Crippen LogP contribution in [-0.4, -0.2) is 106 Å². The minimum atomic E-state index is -1.08. The van der Waals surface area contributed by atoms with Gasteiger partial charge in [0.25, 0.3) is 0 Å². The van der Waals surface area contributed by atoms with Crippen LogP contribution in [0.15, 0.2) is 0 Å². The largest absolute Gasteiger partial charge is 0.481 e. The molecule has 0 heterocycles. The molecule has 0 saturated carbocycles. The van der Waals surface area contributed by atoms with Gasteiger partial charge < -0.3 is 44.6 Å². The Morgan fingerprint density at radius 1 is 0.440 bits per heavy atom. The van der Waals surface area contributed by atoms with Crippen LogP contribution < -0.4 is 10.6 Å². The number of hydrogen-bond donors (Lipinski definition) is 4. The predicted molar refractivity (Wildman–Crippen MR) is 193 cm³/mol. The summed E-state index contributed by atoms with van der Waals surface area (Å²) in [5, 5.41) is 22.2. The Bertz CT molecular complexity index is 827. The van der Waals surface area contributed by atoms with Gasteiger partial charge in [0, 0.05) is 32.2 Å². The Hall–Kier alpha value is -2.61. The lowest BCUT2D eigenvalue weighted by molar-refractivity contribution is -0.138. The molecule has 0 aromatic carbocycles. The number of ketones is 1. The fourth-order valence-electron chi connectivity index (χ4n) is 4.58. The highest BCUT2D eigenvalue weighted by Crippen LogP contribution is 2.14. The summed E-state index contributed by atoms with van der Waals surface area (Å²) < 4.78 is 21.5. The summed E-state index contributed by atoms with van der Waals surface area (Å²) in [5.74, 6) is -1.80. The molecule has 0 unspecified atom stereocenters. The van der Waals surface area contributed by atoms with E-state index in [1.807, 2.05) is 6.92 Å². The molecule has 0 aromatic rings. The second-order valence-corrected chi connectivity index (χ2v) is 12.3. The van der Waals surface area contributed by atoms with Gasteiger partial charge in [0.05, 0.1) is 52.9 Å². The number of nitrogens with one attached hydrogen (secondary N) is 2. The van der Waals surface area contributed by atoms with E-state index in [1.54, 1.807) is 6.92 Å². The van der Waals surface area contributed by atoms with Gasteiger partial charge in [-0.15, -0.1) is 0 Å². The molecule has 0 radical (unpaired) electrons. The van der Waals surface area contributed by atoms with Gasteiger partial charge in [-0.3, -0.25) is 19.2 Å². The number of unbranched alkanes of at least 4 members (excludes halogenated alkanes) is 15. The second kappa shape index (κ2) is 40.8. The molecule has 0 rings (SSSR count). The maximum atomic E-state index is 12.0. The zero-order valence-corrected chi connectivity index (χ0v) is 31.3. The van der Waals surface area contributed by atoms with Gasteiger partial charge in [0.2, 0.25) is 11.8 Å². The molecule has 0 aromatic heterocycles. The molecule has 0 aliphatic carbocycles. The van der Waals surface area contributed by atoms with E-state index < -0.39 is 18.5 Å². The molecule has 0 atom stereocenters. The van der Waals surface area contributed by atoms with E-state index in [9.17, 15) is 24.0 Å². The minimum Gasteiger partial charge on any atom is -0.481 e. The van der Waals surface area contributed by atoms with Crippen molar-refractivity contribution in [2.24, 2.45) is 0 Å². The van der Waals surface area contributed by atoms with Crippen LogP contribution in [-0.2, 0) is 42.9 Å². The lowest BCUT2D eigenvalue weighted by Gasteiger charge is -2.08. The fraction of sp³-hybridized carbons (Fsp3) is 0.865. The molecule has 0 aliphatic heterocycles. The maximum absolute atomic E-state index is 12.0. The lowest BCUT2D eigenvalue weighted by Crippen LogP contribution is -2.30. The number of carbonyl (C=O) groups is 5. The molecular formula is C37H70N2O11. The van der Waals surface area contributed by atoms with Crippen LogP contribution >= 0.6 is 0 Å². The van der Waals surface area contributed by atoms with E-state index in [1.165, 1.54) is 70.6 Å². The first-order chi connectivity index (χ1) is 24.2. The number of aliphatic carboxylic acids is 2. The first kappa shape index (κ1) is 49.5. The molecule has 0 spiro atoms. The number of ether oxygens (including phenoxy) is 4. The second-order valence-electron chi connectivity index (χ2n) is 12.3. The molecule has 0 bridgehead atoms. The summed E-state index contributed by atoms with van der Waals surface area (Å²) in [5.41, 5.74) is 0. The average molecular weight is 719 g/mol. The van der Waals surface area contributed by atoms with Crippen molar-refractivity contribution in [2.75, 3.05) is 65.9 Å². The van der Waals surface area contributed by atoms with E-state index in [0.717, 1.165) is 32.1 Å². The van der Waals surface area contributed by atoms with Crippen LogP contribution in [0, 0.1) is 0 Å². The predicted octanol–water partition coefficient (Wildman–Crippen LogP) is 5.85. The van der Waals surface area contributed by atoms with Crippen molar-refractivity contribution in [3.05, 3.63) is 0 Å². The van der Waals surface area contributed by atoms with Crippen LogP contribution in [0.2, 0.25) is 0 Å². The third-order valence-corrected chi connectivity index (χ3v) is 7.64. The Morgan fingerprint density at radius 2 is 0.780 bits per heavy atom. The SMILES string of the molecule is CCC(C)=O.O=C(O)CCCCCCCCCCCCCCCCCCC(=O)NCCOCCOCCOCCOCCC(=O)NCC(=O)O. The third kappa shape index (κ3) is 47.5. The van der Waals surface area contributed by atoms with Crippen molar-refractivity contribution in [1.29, 1.82) is 0 Å². The molecule has 4 N–H and O–H groups in total. The highest BCUT2D eigenvalue weighted by molar-refractivity contribution is 5.81. The fourth-order valence-corrected chi connectivity index (χ4v) is 4.58. The average Bonchev–Trinajstić information content (AvgIpc) is 3.08.